The van der Waals surface area contributed by atoms with Crippen LogP contribution in [0.2, 0.25) is 0 Å². The second kappa shape index (κ2) is 3.33. The number of halogens is 3. The number of para-hydroxylation sites is 1. The van der Waals surface area contributed by atoms with Crippen LogP contribution in [0.5, 0.6) is 0 Å². The van der Waals surface area contributed by atoms with Gasteiger partial charge in [0.25, 0.3) is 0 Å². The van der Waals surface area contributed by atoms with Crippen molar-refractivity contribution in [1.82, 2.24) is 4.98 Å². The number of hydrogen-bond acceptors (Lipinski definition) is 3. The van der Waals surface area contributed by atoms with E-state index in [4.69, 9.17) is 0 Å². The summed E-state index contributed by atoms with van der Waals surface area (Å²) in [7, 11) is 0. The first kappa shape index (κ1) is 10.7. The third-order valence-electron chi connectivity index (χ3n) is 2.07. The highest BCUT2D eigenvalue weighted by Crippen LogP contribution is 2.32. The van der Waals surface area contributed by atoms with Crippen LogP contribution in [0.4, 0.5) is 13.2 Å². The average molecular weight is 229 g/mol. The lowest BCUT2D eigenvalue weighted by molar-refractivity contribution is -0.136. The summed E-state index contributed by atoms with van der Waals surface area (Å²) in [6.45, 7) is 1.33. The number of rotatable bonds is 0. The van der Waals surface area contributed by atoms with E-state index in [9.17, 15) is 18.0 Å². The van der Waals surface area contributed by atoms with Gasteiger partial charge < -0.3 is 4.42 Å². The Balaban J connectivity index is 2.93. The van der Waals surface area contributed by atoms with Crippen LogP contribution in [0.25, 0.3) is 10.9 Å². The van der Waals surface area contributed by atoms with Crippen LogP contribution in [0.15, 0.2) is 27.4 Å². The van der Waals surface area contributed by atoms with E-state index in [1.54, 1.807) is 0 Å². The third kappa shape index (κ3) is 1.66. The fourth-order valence-corrected chi connectivity index (χ4v) is 1.43. The van der Waals surface area contributed by atoms with Gasteiger partial charge in [-0.05, 0) is 12.1 Å². The van der Waals surface area contributed by atoms with Crippen molar-refractivity contribution < 1.29 is 17.6 Å². The van der Waals surface area contributed by atoms with E-state index in [2.05, 4.69) is 9.40 Å². The van der Waals surface area contributed by atoms with Crippen LogP contribution < -0.4 is 5.63 Å². The molecular weight excluding hydrogens is 223 g/mol. The third-order valence-corrected chi connectivity index (χ3v) is 2.07. The first-order valence-electron chi connectivity index (χ1n) is 4.37. The van der Waals surface area contributed by atoms with Gasteiger partial charge in [-0.3, -0.25) is 0 Å². The minimum atomic E-state index is -4.53. The van der Waals surface area contributed by atoms with Crippen LogP contribution in [0.3, 0.4) is 0 Å². The number of aryl methyl sites for hydroxylation is 1. The fraction of sp³-hybridized carbons (Fsp3) is 0.200. The molecule has 0 saturated heterocycles. The molecule has 0 saturated carbocycles. The van der Waals surface area contributed by atoms with Gasteiger partial charge in [0.1, 0.15) is 0 Å². The number of benzene rings is 1. The first-order chi connectivity index (χ1) is 7.39. The van der Waals surface area contributed by atoms with E-state index in [0.29, 0.717) is 0 Å². The number of hydrogen-bond donors (Lipinski definition) is 0. The molecule has 84 valence electrons. The zero-order valence-electron chi connectivity index (χ0n) is 8.13. The Hall–Kier alpha value is -1.85. The summed E-state index contributed by atoms with van der Waals surface area (Å²) in [5.74, 6) is -0.0887. The minimum absolute atomic E-state index is 0.0887. The second-order valence-corrected chi connectivity index (χ2v) is 3.22. The van der Waals surface area contributed by atoms with Crippen molar-refractivity contribution in [3.05, 3.63) is 40.1 Å². The molecular formula is C10H6F3NO2. The molecule has 0 fully saturated rings. The van der Waals surface area contributed by atoms with Crippen LogP contribution in [-0.4, -0.2) is 4.98 Å². The zero-order chi connectivity index (χ0) is 11.9. The molecule has 0 atom stereocenters. The van der Waals surface area contributed by atoms with Crippen molar-refractivity contribution in [3.8, 4) is 0 Å². The second-order valence-electron chi connectivity index (χ2n) is 3.22. The molecule has 1 aromatic heterocycles. The standard InChI is InChI=1S/C10H6F3NO2/c1-5-14-8-6(9(15)16-5)3-2-4-7(8)10(11,12)13/h2-4H,1H3. The average Bonchev–Trinajstić information content (AvgIpc) is 2.15. The quantitative estimate of drug-likeness (QED) is 0.697. The normalized spacial score (nSPS) is 12.0. The number of nitrogens with zero attached hydrogens (tertiary/aromatic N) is 1. The van der Waals surface area contributed by atoms with Crippen molar-refractivity contribution in [2.45, 2.75) is 13.1 Å². The van der Waals surface area contributed by atoms with Crippen molar-refractivity contribution in [2.75, 3.05) is 0 Å². The minimum Gasteiger partial charge on any atom is -0.408 e. The lowest BCUT2D eigenvalue weighted by atomic mass is 10.1. The SMILES string of the molecule is Cc1nc2c(C(F)(F)F)cccc2c(=O)o1. The smallest absolute Gasteiger partial charge is 0.408 e. The summed E-state index contributed by atoms with van der Waals surface area (Å²) in [4.78, 5) is 14.9. The van der Waals surface area contributed by atoms with Crippen molar-refractivity contribution >= 4 is 10.9 Å². The Morgan fingerprint density at radius 1 is 1.31 bits per heavy atom. The van der Waals surface area contributed by atoms with E-state index in [1.807, 2.05) is 0 Å². The Morgan fingerprint density at radius 2 is 2.00 bits per heavy atom. The van der Waals surface area contributed by atoms with Crippen LogP contribution in [0.1, 0.15) is 11.5 Å². The maximum Gasteiger partial charge on any atom is 0.418 e. The van der Waals surface area contributed by atoms with Crippen molar-refractivity contribution in [3.63, 3.8) is 0 Å². The largest absolute Gasteiger partial charge is 0.418 e. The number of aromatic nitrogens is 1. The summed E-state index contributed by atoms with van der Waals surface area (Å²) in [6.07, 6.45) is -4.53. The van der Waals surface area contributed by atoms with E-state index >= 15 is 0 Å². The zero-order valence-corrected chi connectivity index (χ0v) is 8.13. The molecule has 0 aliphatic heterocycles. The Morgan fingerprint density at radius 3 is 2.62 bits per heavy atom. The highest BCUT2D eigenvalue weighted by molar-refractivity contribution is 5.80. The van der Waals surface area contributed by atoms with Gasteiger partial charge in [0.15, 0.2) is 5.89 Å². The van der Waals surface area contributed by atoms with E-state index in [0.717, 1.165) is 12.1 Å². The summed E-state index contributed by atoms with van der Waals surface area (Å²) < 4.78 is 42.4. The molecule has 2 rings (SSSR count). The van der Waals surface area contributed by atoms with Crippen molar-refractivity contribution in [2.24, 2.45) is 0 Å². The molecule has 0 spiro atoms. The summed E-state index contributed by atoms with van der Waals surface area (Å²) in [6, 6.07) is 3.29. The Kier molecular flexibility index (Phi) is 2.22. The Labute approximate surface area is 87.5 Å². The molecule has 3 nitrogen and oxygen atoms in total. The molecule has 0 N–H and O–H groups in total. The van der Waals surface area contributed by atoms with Crippen LogP contribution in [-0.2, 0) is 6.18 Å². The van der Waals surface area contributed by atoms with Gasteiger partial charge in [-0.25, -0.2) is 9.78 Å². The molecule has 1 heterocycles. The van der Waals surface area contributed by atoms with Gasteiger partial charge in [-0.15, -0.1) is 0 Å². The highest BCUT2D eigenvalue weighted by Gasteiger charge is 2.33. The van der Waals surface area contributed by atoms with Crippen LogP contribution >= 0.6 is 0 Å². The molecule has 0 unspecified atom stereocenters. The van der Waals surface area contributed by atoms with Crippen LogP contribution in [0, 0.1) is 6.92 Å². The summed E-state index contributed by atoms with van der Waals surface area (Å²) in [5.41, 5.74) is -2.11. The topological polar surface area (TPSA) is 43.1 Å². The maximum absolute atomic E-state index is 12.6. The fourth-order valence-electron chi connectivity index (χ4n) is 1.43. The highest BCUT2D eigenvalue weighted by atomic mass is 19.4. The molecule has 2 aromatic rings. The van der Waals surface area contributed by atoms with E-state index in [-0.39, 0.29) is 16.8 Å². The van der Waals surface area contributed by atoms with E-state index < -0.39 is 17.4 Å². The predicted octanol–water partition coefficient (Wildman–Crippen LogP) is 2.52. The van der Waals surface area contributed by atoms with Gasteiger partial charge in [0, 0.05) is 6.92 Å². The monoisotopic (exact) mass is 229 g/mol. The lowest BCUT2D eigenvalue weighted by Gasteiger charge is -2.08. The lowest BCUT2D eigenvalue weighted by Crippen LogP contribution is -2.10. The molecule has 0 amide bonds. The molecule has 1 aromatic carbocycles. The molecule has 0 aliphatic carbocycles. The van der Waals surface area contributed by atoms with E-state index in [1.165, 1.54) is 13.0 Å². The molecule has 0 aliphatic rings. The first-order valence-corrected chi connectivity index (χ1v) is 4.37. The van der Waals surface area contributed by atoms with Gasteiger partial charge in [-0.1, -0.05) is 6.07 Å². The molecule has 0 bridgehead atoms. The number of fused-ring (bicyclic) bond motifs is 1. The summed E-state index contributed by atoms with van der Waals surface area (Å²) in [5, 5.41) is -0.166. The summed E-state index contributed by atoms with van der Waals surface area (Å²) >= 11 is 0. The maximum atomic E-state index is 12.6. The predicted molar refractivity (Wildman–Crippen MR) is 50.0 cm³/mol. The Bertz CT molecular complexity index is 601. The van der Waals surface area contributed by atoms with Gasteiger partial charge in [0.05, 0.1) is 16.5 Å². The molecule has 6 heteroatoms. The molecule has 0 radical (unpaired) electrons. The van der Waals surface area contributed by atoms with Gasteiger partial charge >= 0.3 is 11.8 Å². The van der Waals surface area contributed by atoms with Gasteiger partial charge in [-0.2, -0.15) is 13.2 Å². The van der Waals surface area contributed by atoms with Crippen molar-refractivity contribution in [1.29, 1.82) is 0 Å². The van der Waals surface area contributed by atoms with Gasteiger partial charge in [0.2, 0.25) is 0 Å². The number of alkyl halides is 3. The molecule has 16 heavy (non-hydrogen) atoms.